The molecule has 0 radical (unpaired) electrons. The zero-order valence-corrected chi connectivity index (χ0v) is 31.6. The number of carbonyl (C=O) groups excluding carboxylic acids is 5. The van der Waals surface area contributed by atoms with Gasteiger partial charge in [-0.3, -0.25) is 24.0 Å². The Morgan fingerprint density at radius 2 is 1.45 bits per heavy atom. The molecule has 0 heterocycles. The molecule has 0 aliphatic heterocycles. The van der Waals surface area contributed by atoms with Crippen LogP contribution in [0.25, 0.3) is 0 Å². The van der Waals surface area contributed by atoms with E-state index in [1.165, 1.54) is 33.1 Å². The third-order valence-corrected chi connectivity index (χ3v) is 8.81. The minimum Gasteiger partial charge on any atom is -0.497 e. The number of alkyl halides is 3. The van der Waals surface area contributed by atoms with Crippen LogP contribution in [-0.2, 0) is 48.0 Å². The molecule has 3 aromatic carbocycles. The molecular weight excluding hydrogens is 711 g/mol. The smallest absolute Gasteiger partial charge is 0.450 e. The number of Topliss-reactive ketones (excluding diaryl/α,β-unsaturated/α-hetero) is 3. The monoisotopic (exact) mass is 757 g/mol. The van der Waals surface area contributed by atoms with Crippen molar-refractivity contribution < 1.29 is 46.6 Å². The lowest BCUT2D eigenvalue weighted by Gasteiger charge is -2.26. The summed E-state index contributed by atoms with van der Waals surface area (Å²) in [5, 5.41) is 3.11. The van der Waals surface area contributed by atoms with E-state index in [-0.39, 0.29) is 43.0 Å². The molecule has 53 heavy (non-hydrogen) atoms. The minimum absolute atomic E-state index is 0.00212. The molecule has 1 amide bonds. The summed E-state index contributed by atoms with van der Waals surface area (Å²) < 4.78 is 51.0. The van der Waals surface area contributed by atoms with Gasteiger partial charge in [0.05, 0.1) is 7.11 Å². The van der Waals surface area contributed by atoms with Gasteiger partial charge in [0, 0.05) is 42.5 Å². The molecular formula is C41H47ClF3NO7. The predicted octanol–water partition coefficient (Wildman–Crippen LogP) is 8.20. The lowest BCUT2D eigenvalue weighted by atomic mass is 9.84. The molecule has 8 nitrogen and oxygen atoms in total. The van der Waals surface area contributed by atoms with Crippen molar-refractivity contribution >= 4 is 40.8 Å². The van der Waals surface area contributed by atoms with Crippen molar-refractivity contribution in [3.63, 3.8) is 0 Å². The lowest BCUT2D eigenvalue weighted by molar-refractivity contribution is -0.177. The van der Waals surface area contributed by atoms with Gasteiger partial charge in [-0.1, -0.05) is 74.0 Å². The summed E-state index contributed by atoms with van der Waals surface area (Å²) in [6, 6.07) is 18.6. The number of ether oxygens (including phenoxy) is 2. The number of methoxy groups -OCH3 is 1. The number of halogens is 4. The molecule has 0 fully saturated rings. The van der Waals surface area contributed by atoms with Gasteiger partial charge in [-0.2, -0.15) is 13.2 Å². The molecule has 0 aliphatic carbocycles. The second kappa shape index (κ2) is 19.0. The highest BCUT2D eigenvalue weighted by atomic mass is 35.5. The molecule has 0 bridgehead atoms. The molecule has 0 aliphatic rings. The third kappa shape index (κ3) is 14.1. The average Bonchev–Trinajstić information content (AvgIpc) is 3.07. The van der Waals surface area contributed by atoms with Crippen molar-refractivity contribution in [3.8, 4) is 5.75 Å². The maximum atomic E-state index is 14.0. The SMILES string of the molecule is COc1ccc([C@H](NC(=O)[C@@H](CC(=O)Cc2ccc(CCC(=O)OC(C)(C)C)cc2)Cc2cccc(Cl)c2)C(=O)C[C@H](C(=O)C(F)(F)F)C(C)C)cc1. The molecule has 12 heteroatoms. The molecule has 3 aromatic rings. The van der Waals surface area contributed by atoms with E-state index < -0.39 is 59.5 Å². The number of aryl methyl sites for hydroxylation is 1. The van der Waals surface area contributed by atoms with Crippen LogP contribution < -0.4 is 10.1 Å². The van der Waals surface area contributed by atoms with Gasteiger partial charge in [0.1, 0.15) is 23.2 Å². The number of esters is 1. The average molecular weight is 758 g/mol. The van der Waals surface area contributed by atoms with Crippen LogP contribution >= 0.6 is 11.6 Å². The summed E-state index contributed by atoms with van der Waals surface area (Å²) >= 11 is 6.21. The molecule has 0 saturated heterocycles. The highest BCUT2D eigenvalue weighted by Crippen LogP contribution is 2.31. The molecule has 0 spiro atoms. The molecule has 0 unspecified atom stereocenters. The summed E-state index contributed by atoms with van der Waals surface area (Å²) in [7, 11) is 1.44. The van der Waals surface area contributed by atoms with Crippen LogP contribution in [0, 0.1) is 17.8 Å². The fraction of sp³-hybridized carbons (Fsp3) is 0.439. The lowest BCUT2D eigenvalue weighted by Crippen LogP contribution is -2.41. The van der Waals surface area contributed by atoms with Gasteiger partial charge < -0.3 is 14.8 Å². The minimum atomic E-state index is -5.14. The van der Waals surface area contributed by atoms with Crippen molar-refractivity contribution in [3.05, 3.63) is 100 Å². The Labute approximate surface area is 313 Å². The molecule has 3 rings (SSSR count). The number of ketones is 3. The number of rotatable bonds is 18. The van der Waals surface area contributed by atoms with Crippen molar-refractivity contribution in [2.45, 2.75) is 91.0 Å². The fourth-order valence-corrected chi connectivity index (χ4v) is 6.04. The van der Waals surface area contributed by atoms with Crippen LogP contribution in [0.2, 0.25) is 5.02 Å². The van der Waals surface area contributed by atoms with Crippen LogP contribution in [-0.4, -0.2) is 48.1 Å². The maximum Gasteiger partial charge on any atom is 0.450 e. The number of hydrogen-bond donors (Lipinski definition) is 1. The van der Waals surface area contributed by atoms with E-state index in [2.05, 4.69) is 5.32 Å². The van der Waals surface area contributed by atoms with Crippen molar-refractivity contribution in [1.82, 2.24) is 5.32 Å². The standard InChI is InChI=1S/C41H47ClF3NO7/c1-25(2)34(38(50)41(43,44)45)24-35(48)37(29-15-17-33(52-6)18-16-29)46-39(51)30(20-28-8-7-9-31(42)21-28)23-32(47)22-27-12-10-26(11-13-27)14-19-36(49)53-40(3,4)5/h7-13,15-18,21,25,30,34,37H,14,19-20,22-24H2,1-6H3,(H,46,51)/t30-,34+,37+/m1/s1. The van der Waals surface area contributed by atoms with Crippen molar-refractivity contribution in [1.29, 1.82) is 0 Å². The van der Waals surface area contributed by atoms with Gasteiger partial charge in [0.2, 0.25) is 11.7 Å². The first kappa shape index (κ1) is 42.9. The van der Waals surface area contributed by atoms with Crippen LogP contribution in [0.4, 0.5) is 13.2 Å². The molecule has 0 saturated carbocycles. The largest absolute Gasteiger partial charge is 0.497 e. The number of amides is 1. The Kier molecular flexibility index (Phi) is 15.4. The molecule has 0 aromatic heterocycles. The Bertz CT molecular complexity index is 1730. The van der Waals surface area contributed by atoms with Crippen LogP contribution in [0.5, 0.6) is 5.75 Å². The normalized spacial score (nSPS) is 13.5. The van der Waals surface area contributed by atoms with Gasteiger partial charge in [0.25, 0.3) is 0 Å². The van der Waals surface area contributed by atoms with E-state index >= 15 is 0 Å². The van der Waals surface area contributed by atoms with Crippen LogP contribution in [0.3, 0.4) is 0 Å². The van der Waals surface area contributed by atoms with E-state index in [1.54, 1.807) is 69.3 Å². The van der Waals surface area contributed by atoms with Gasteiger partial charge >= 0.3 is 12.1 Å². The van der Waals surface area contributed by atoms with Crippen LogP contribution in [0.1, 0.15) is 82.2 Å². The van der Waals surface area contributed by atoms with Gasteiger partial charge in [-0.15, -0.1) is 0 Å². The first-order chi connectivity index (χ1) is 24.7. The summed E-state index contributed by atoms with van der Waals surface area (Å²) in [5.41, 5.74) is 1.92. The first-order valence-electron chi connectivity index (χ1n) is 17.4. The zero-order valence-electron chi connectivity index (χ0n) is 30.8. The number of hydrogen-bond acceptors (Lipinski definition) is 7. The van der Waals surface area contributed by atoms with Crippen molar-refractivity contribution in [2.75, 3.05) is 7.11 Å². The Morgan fingerprint density at radius 3 is 2.00 bits per heavy atom. The van der Waals surface area contributed by atoms with E-state index in [0.717, 1.165) is 5.56 Å². The third-order valence-electron chi connectivity index (χ3n) is 8.58. The van der Waals surface area contributed by atoms with Crippen molar-refractivity contribution in [2.24, 2.45) is 17.8 Å². The van der Waals surface area contributed by atoms with E-state index in [1.807, 2.05) is 12.1 Å². The van der Waals surface area contributed by atoms with Gasteiger partial charge in [-0.25, -0.2) is 0 Å². The Hall–Kier alpha value is -4.51. The predicted molar refractivity (Wildman–Crippen MR) is 195 cm³/mol. The fourth-order valence-electron chi connectivity index (χ4n) is 5.83. The second-order valence-corrected chi connectivity index (χ2v) is 14.9. The summed E-state index contributed by atoms with van der Waals surface area (Å²) in [6.07, 6.45) is -5.39. The van der Waals surface area contributed by atoms with Crippen LogP contribution in [0.15, 0.2) is 72.8 Å². The highest BCUT2D eigenvalue weighted by molar-refractivity contribution is 6.30. The Balaban J connectivity index is 1.84. The summed E-state index contributed by atoms with van der Waals surface area (Å²) in [5.74, 6) is -7.07. The second-order valence-electron chi connectivity index (χ2n) is 14.5. The molecule has 3 atom stereocenters. The Morgan fingerprint density at radius 1 is 0.830 bits per heavy atom. The maximum absolute atomic E-state index is 14.0. The van der Waals surface area contributed by atoms with Gasteiger partial charge in [0.15, 0.2) is 5.78 Å². The first-order valence-corrected chi connectivity index (χ1v) is 17.8. The topological polar surface area (TPSA) is 116 Å². The van der Waals surface area contributed by atoms with E-state index in [9.17, 15) is 37.1 Å². The zero-order chi connectivity index (χ0) is 39.5. The number of carbonyl (C=O) groups is 5. The van der Waals surface area contributed by atoms with Gasteiger partial charge in [-0.05, 0) is 86.1 Å². The molecule has 286 valence electrons. The van der Waals surface area contributed by atoms with E-state index in [4.69, 9.17) is 21.1 Å². The summed E-state index contributed by atoms with van der Waals surface area (Å²) in [4.78, 5) is 65.7. The quantitative estimate of drug-likeness (QED) is 0.130. The van der Waals surface area contributed by atoms with E-state index in [0.29, 0.717) is 28.3 Å². The number of nitrogens with one attached hydrogen (secondary N) is 1. The number of benzene rings is 3. The highest BCUT2D eigenvalue weighted by Gasteiger charge is 2.45. The molecule has 1 N–H and O–H groups in total. The summed E-state index contributed by atoms with van der Waals surface area (Å²) in [6.45, 7) is 8.24.